The lowest BCUT2D eigenvalue weighted by Crippen LogP contribution is -2.57. The zero-order valence-electron chi connectivity index (χ0n) is 17.8. The van der Waals surface area contributed by atoms with Crippen LogP contribution in [0.3, 0.4) is 0 Å². The number of hydrogen-bond donors (Lipinski definition) is 0. The van der Waals surface area contributed by atoms with Crippen LogP contribution >= 0.6 is 0 Å². The minimum Gasteiger partial charge on any atom is -0.396 e. The molecular weight excluding hydrogens is 583 g/mol. The fourth-order valence-corrected chi connectivity index (χ4v) is 3.78. The first-order valence-corrected chi connectivity index (χ1v) is 9.81. The molecule has 2 rings (SSSR count). The molecule has 0 bridgehead atoms. The van der Waals surface area contributed by atoms with Crippen LogP contribution in [0.4, 0.5) is 65.9 Å². The lowest BCUT2D eigenvalue weighted by molar-refractivity contribution is -0.417. The number of fused-ring (bicyclic) bond motifs is 1. The Morgan fingerprint density at radius 2 is 1.37 bits per heavy atom. The Labute approximate surface area is 200 Å². The van der Waals surface area contributed by atoms with Crippen LogP contribution in [-0.2, 0) is 23.9 Å². The minimum atomic E-state index is -7.15. The lowest BCUT2D eigenvalue weighted by Gasteiger charge is -2.32. The van der Waals surface area contributed by atoms with E-state index in [0.717, 1.165) is 0 Å². The van der Waals surface area contributed by atoms with Crippen LogP contribution in [0.5, 0.6) is 0 Å². The molecule has 220 valence electrons. The number of carbonyl (C=O) groups is 3. The smallest absolute Gasteiger partial charge is 0.396 e. The minimum absolute atomic E-state index is 0.463. The molecule has 2 amide bonds. The highest BCUT2D eigenvalue weighted by Crippen LogP contribution is 2.51. The van der Waals surface area contributed by atoms with Crippen LogP contribution in [0.15, 0.2) is 0 Å². The van der Waals surface area contributed by atoms with Crippen LogP contribution < -0.4 is 0 Å². The van der Waals surface area contributed by atoms with E-state index in [0.29, 0.717) is 0 Å². The number of amides is 2. The molecule has 1 aliphatic carbocycles. The standard InChI is InChI=1S/C17H12F15NO5/c18-11(19)3-1-2-6-7(11)9(35)33(8(6)34)13(23,24)5-14(25,26)37-10(36)16(29,17(30,31)32)38-15(27,28)4-12(20,21)22/h6-7H,1-5H2. The number of nitrogens with zero attached hydrogens (tertiary/aromatic N) is 1. The van der Waals surface area contributed by atoms with E-state index in [4.69, 9.17) is 0 Å². The maximum absolute atomic E-state index is 14.4. The zero-order valence-corrected chi connectivity index (χ0v) is 17.8. The van der Waals surface area contributed by atoms with E-state index in [2.05, 4.69) is 9.47 Å². The highest BCUT2D eigenvalue weighted by Gasteiger charge is 2.72. The SMILES string of the molecule is O=C1C2CCCC(F)(F)C2C(=O)N1C(F)(F)CC(F)(F)OC(=O)C(F)(OC(F)(F)CC(F)(F)F)C(F)(F)F. The van der Waals surface area contributed by atoms with Crippen LogP contribution in [0, 0.1) is 11.8 Å². The van der Waals surface area contributed by atoms with Crippen LogP contribution in [0.25, 0.3) is 0 Å². The molecule has 0 N–H and O–H groups in total. The summed E-state index contributed by atoms with van der Waals surface area (Å²) in [6.45, 7) is 0. The van der Waals surface area contributed by atoms with Crippen molar-refractivity contribution in [3.63, 3.8) is 0 Å². The van der Waals surface area contributed by atoms with E-state index in [1.807, 2.05) is 0 Å². The first kappa shape index (κ1) is 31.7. The van der Waals surface area contributed by atoms with Gasteiger partial charge in [-0.1, -0.05) is 0 Å². The van der Waals surface area contributed by atoms with Crippen molar-refractivity contribution in [2.75, 3.05) is 0 Å². The Morgan fingerprint density at radius 3 is 1.82 bits per heavy atom. The fourth-order valence-electron chi connectivity index (χ4n) is 3.78. The summed E-state index contributed by atoms with van der Waals surface area (Å²) in [6, 6.07) is -5.59. The Bertz CT molecular complexity index is 962. The Morgan fingerprint density at radius 1 is 0.842 bits per heavy atom. The van der Waals surface area contributed by atoms with Crippen molar-refractivity contribution < 1.29 is 89.7 Å². The van der Waals surface area contributed by atoms with Crippen molar-refractivity contribution in [2.45, 2.75) is 74.5 Å². The number of imide groups is 1. The van der Waals surface area contributed by atoms with Gasteiger partial charge in [0.1, 0.15) is 18.8 Å². The Balaban J connectivity index is 2.30. The molecule has 6 nitrogen and oxygen atoms in total. The van der Waals surface area contributed by atoms with Gasteiger partial charge in [0.2, 0.25) is 11.8 Å². The van der Waals surface area contributed by atoms with Gasteiger partial charge in [-0.25, -0.2) is 18.5 Å². The fraction of sp³-hybridized carbons (Fsp3) is 0.824. The topological polar surface area (TPSA) is 72.9 Å². The molecule has 1 heterocycles. The summed E-state index contributed by atoms with van der Waals surface area (Å²) < 4.78 is 205. The molecule has 0 radical (unpaired) electrons. The molecule has 1 aliphatic heterocycles. The number of esters is 1. The summed E-state index contributed by atoms with van der Waals surface area (Å²) in [5, 5.41) is 0. The molecule has 21 heteroatoms. The normalized spacial score (nSPS) is 24.8. The molecule has 1 saturated carbocycles. The maximum atomic E-state index is 14.4. The van der Waals surface area contributed by atoms with E-state index in [1.54, 1.807) is 0 Å². The number of halogens is 15. The van der Waals surface area contributed by atoms with Gasteiger partial charge in [0, 0.05) is 6.42 Å². The number of hydrogen-bond acceptors (Lipinski definition) is 5. The van der Waals surface area contributed by atoms with Gasteiger partial charge in [0.15, 0.2) is 0 Å². The van der Waals surface area contributed by atoms with Crippen molar-refractivity contribution in [1.82, 2.24) is 4.90 Å². The van der Waals surface area contributed by atoms with Crippen molar-refractivity contribution in [1.29, 1.82) is 0 Å². The quantitative estimate of drug-likeness (QED) is 0.165. The van der Waals surface area contributed by atoms with Crippen molar-refractivity contribution in [3.05, 3.63) is 0 Å². The van der Waals surface area contributed by atoms with Gasteiger partial charge in [0.25, 0.3) is 5.92 Å². The summed E-state index contributed by atoms with van der Waals surface area (Å²) in [5.41, 5.74) is 0. The number of alkyl halides is 15. The maximum Gasteiger partial charge on any atom is 0.460 e. The van der Waals surface area contributed by atoms with Crippen LogP contribution in [0.2, 0.25) is 0 Å². The third-order valence-electron chi connectivity index (χ3n) is 5.22. The van der Waals surface area contributed by atoms with E-state index < -0.39 is 109 Å². The average Bonchev–Trinajstić information content (AvgIpc) is 2.88. The molecule has 0 aromatic heterocycles. The predicted molar refractivity (Wildman–Crippen MR) is 84.8 cm³/mol. The van der Waals surface area contributed by atoms with Gasteiger partial charge < -0.3 is 4.74 Å². The van der Waals surface area contributed by atoms with E-state index in [9.17, 15) is 80.2 Å². The summed E-state index contributed by atoms with van der Waals surface area (Å²) in [7, 11) is 0. The van der Waals surface area contributed by atoms with E-state index in [-0.39, 0.29) is 0 Å². The highest BCUT2D eigenvalue weighted by atomic mass is 19.4. The second-order valence-corrected chi connectivity index (χ2v) is 8.24. The van der Waals surface area contributed by atoms with Crippen molar-refractivity contribution >= 4 is 17.8 Å². The molecule has 3 atom stereocenters. The zero-order chi connectivity index (χ0) is 29.9. The third kappa shape index (κ3) is 6.38. The molecule has 0 aromatic rings. The summed E-state index contributed by atoms with van der Waals surface area (Å²) in [6.07, 6.45) is -34.8. The second-order valence-electron chi connectivity index (χ2n) is 8.24. The first-order chi connectivity index (χ1) is 16.7. The van der Waals surface area contributed by atoms with Crippen molar-refractivity contribution in [2.24, 2.45) is 11.8 Å². The highest BCUT2D eigenvalue weighted by molar-refractivity contribution is 6.06. The summed E-state index contributed by atoms with van der Waals surface area (Å²) in [4.78, 5) is 34.2. The number of likely N-dealkylation sites (tertiary alicyclic amines) is 1. The summed E-state index contributed by atoms with van der Waals surface area (Å²) in [5.74, 6) is -24.4. The largest absolute Gasteiger partial charge is 0.460 e. The van der Waals surface area contributed by atoms with E-state index >= 15 is 0 Å². The predicted octanol–water partition coefficient (Wildman–Crippen LogP) is 5.32. The third-order valence-corrected chi connectivity index (χ3v) is 5.22. The molecule has 2 fully saturated rings. The molecule has 3 unspecified atom stereocenters. The van der Waals surface area contributed by atoms with Crippen LogP contribution in [-0.4, -0.2) is 65.1 Å². The number of rotatable bonds is 8. The van der Waals surface area contributed by atoms with Gasteiger partial charge in [0.05, 0.1) is 5.92 Å². The monoisotopic (exact) mass is 595 g/mol. The Hall–Kier alpha value is -2.48. The average molecular weight is 595 g/mol. The molecule has 0 aromatic carbocycles. The number of ether oxygens (including phenoxy) is 2. The first-order valence-electron chi connectivity index (χ1n) is 9.81. The number of carbonyl (C=O) groups excluding carboxylic acids is 3. The molecule has 38 heavy (non-hydrogen) atoms. The van der Waals surface area contributed by atoms with Crippen LogP contribution in [0.1, 0.15) is 32.1 Å². The van der Waals surface area contributed by atoms with E-state index in [1.165, 1.54) is 0 Å². The Kier molecular flexibility index (Phi) is 7.78. The second kappa shape index (κ2) is 9.32. The molecular formula is C17H12F15NO5. The van der Waals surface area contributed by atoms with Gasteiger partial charge >= 0.3 is 42.4 Å². The summed E-state index contributed by atoms with van der Waals surface area (Å²) >= 11 is 0. The molecule has 2 aliphatic rings. The van der Waals surface area contributed by atoms with Gasteiger partial charge in [-0.2, -0.15) is 57.1 Å². The van der Waals surface area contributed by atoms with Crippen molar-refractivity contribution in [3.8, 4) is 0 Å². The van der Waals surface area contributed by atoms with Gasteiger partial charge in [-0.15, -0.1) is 0 Å². The van der Waals surface area contributed by atoms with Gasteiger partial charge in [-0.3, -0.25) is 14.3 Å². The molecule has 0 spiro atoms. The molecule has 1 saturated heterocycles. The van der Waals surface area contributed by atoms with Gasteiger partial charge in [-0.05, 0) is 12.8 Å². The lowest BCUT2D eigenvalue weighted by atomic mass is 9.78.